The standard InChI is InChI=1S/C18H33NO/c1-3-20-18(13-9-10-15(2)14-18)17(19)16-11-7-5-4-6-8-12-16/h11,15,17H,3-10,12-14,19H2,1-2H3. The molecule has 3 unspecified atom stereocenters. The molecule has 2 nitrogen and oxygen atoms in total. The summed E-state index contributed by atoms with van der Waals surface area (Å²) in [6, 6.07) is 0.114. The van der Waals surface area contributed by atoms with E-state index in [-0.39, 0.29) is 11.6 Å². The molecule has 2 aliphatic rings. The molecule has 0 bridgehead atoms. The van der Waals surface area contributed by atoms with E-state index in [1.807, 2.05) is 0 Å². The summed E-state index contributed by atoms with van der Waals surface area (Å²) in [5.41, 5.74) is 8.13. The van der Waals surface area contributed by atoms with E-state index >= 15 is 0 Å². The Morgan fingerprint density at radius 2 is 2.10 bits per heavy atom. The molecule has 2 heteroatoms. The van der Waals surface area contributed by atoms with E-state index < -0.39 is 0 Å². The summed E-state index contributed by atoms with van der Waals surface area (Å²) in [6.07, 6.45) is 15.1. The van der Waals surface area contributed by atoms with E-state index in [1.165, 1.54) is 56.9 Å². The van der Waals surface area contributed by atoms with Crippen LogP contribution in [0.2, 0.25) is 0 Å². The molecule has 1 fully saturated rings. The molecule has 2 rings (SSSR count). The maximum Gasteiger partial charge on any atom is 0.0873 e. The van der Waals surface area contributed by atoms with Crippen molar-refractivity contribution < 1.29 is 4.74 Å². The maximum absolute atomic E-state index is 6.73. The van der Waals surface area contributed by atoms with Gasteiger partial charge < -0.3 is 10.5 Å². The van der Waals surface area contributed by atoms with Gasteiger partial charge in [0.25, 0.3) is 0 Å². The summed E-state index contributed by atoms with van der Waals surface area (Å²) in [7, 11) is 0. The number of ether oxygens (including phenoxy) is 1. The lowest BCUT2D eigenvalue weighted by Gasteiger charge is -2.45. The molecule has 0 heterocycles. The van der Waals surface area contributed by atoms with Gasteiger partial charge in [-0.3, -0.25) is 0 Å². The molecule has 0 aromatic heterocycles. The van der Waals surface area contributed by atoms with E-state index in [4.69, 9.17) is 10.5 Å². The quantitative estimate of drug-likeness (QED) is 0.764. The summed E-state index contributed by atoms with van der Waals surface area (Å²) in [4.78, 5) is 0. The first kappa shape index (κ1) is 16.0. The number of hydrogen-bond donors (Lipinski definition) is 1. The van der Waals surface area contributed by atoms with Gasteiger partial charge in [0.2, 0.25) is 0 Å². The summed E-state index contributed by atoms with van der Waals surface area (Å²) in [6.45, 7) is 5.25. The highest BCUT2D eigenvalue weighted by Gasteiger charge is 2.42. The van der Waals surface area contributed by atoms with Crippen LogP contribution in [0.15, 0.2) is 11.6 Å². The SMILES string of the molecule is CCOC1(C(N)C2=CCCCCCC2)CCCC(C)C1. The van der Waals surface area contributed by atoms with E-state index in [0.29, 0.717) is 0 Å². The number of nitrogens with two attached hydrogens (primary N) is 1. The molecule has 116 valence electrons. The van der Waals surface area contributed by atoms with Gasteiger partial charge in [0, 0.05) is 6.61 Å². The molecule has 1 saturated carbocycles. The van der Waals surface area contributed by atoms with Crippen LogP contribution in [-0.2, 0) is 4.74 Å². The summed E-state index contributed by atoms with van der Waals surface area (Å²) in [5.74, 6) is 0.746. The zero-order valence-electron chi connectivity index (χ0n) is 13.5. The van der Waals surface area contributed by atoms with Gasteiger partial charge in [-0.15, -0.1) is 0 Å². The third-order valence-corrected chi connectivity index (χ3v) is 5.22. The van der Waals surface area contributed by atoms with E-state index in [1.54, 1.807) is 0 Å². The zero-order valence-corrected chi connectivity index (χ0v) is 13.5. The van der Waals surface area contributed by atoms with Gasteiger partial charge in [-0.1, -0.05) is 44.3 Å². The van der Waals surface area contributed by atoms with Crippen molar-refractivity contribution in [2.75, 3.05) is 6.61 Å². The Labute approximate surface area is 125 Å². The average Bonchev–Trinajstić information content (AvgIpc) is 2.38. The molecule has 0 aromatic rings. The van der Waals surface area contributed by atoms with Gasteiger partial charge in [-0.05, 0) is 51.4 Å². The van der Waals surface area contributed by atoms with Crippen LogP contribution in [0.3, 0.4) is 0 Å². The van der Waals surface area contributed by atoms with E-state index in [0.717, 1.165) is 25.4 Å². The highest BCUT2D eigenvalue weighted by molar-refractivity contribution is 5.18. The Balaban J connectivity index is 2.14. The lowest BCUT2D eigenvalue weighted by atomic mass is 9.72. The first-order valence-corrected chi connectivity index (χ1v) is 8.76. The molecule has 3 atom stereocenters. The highest BCUT2D eigenvalue weighted by Crippen LogP contribution is 2.40. The molecule has 2 N–H and O–H groups in total. The number of allylic oxidation sites excluding steroid dienone is 1. The van der Waals surface area contributed by atoms with Crippen molar-refractivity contribution in [2.24, 2.45) is 11.7 Å². The minimum atomic E-state index is -0.0859. The Bertz CT molecular complexity index is 321. The summed E-state index contributed by atoms with van der Waals surface area (Å²) >= 11 is 0. The predicted octanol–water partition coefficient (Wildman–Crippen LogP) is 4.58. The van der Waals surface area contributed by atoms with Crippen LogP contribution in [0.1, 0.15) is 78.1 Å². The number of hydrogen-bond acceptors (Lipinski definition) is 2. The second kappa shape index (κ2) is 7.61. The molecule has 0 saturated heterocycles. The number of rotatable bonds is 4. The van der Waals surface area contributed by atoms with Crippen molar-refractivity contribution in [3.05, 3.63) is 11.6 Å². The van der Waals surface area contributed by atoms with Crippen molar-refractivity contribution in [3.8, 4) is 0 Å². The van der Waals surface area contributed by atoms with Crippen LogP contribution < -0.4 is 5.73 Å². The molecule has 0 spiro atoms. The lowest BCUT2D eigenvalue weighted by Crippen LogP contribution is -2.53. The summed E-state index contributed by atoms with van der Waals surface area (Å²) < 4.78 is 6.26. The van der Waals surface area contributed by atoms with Crippen LogP contribution >= 0.6 is 0 Å². The third-order valence-electron chi connectivity index (χ3n) is 5.22. The first-order chi connectivity index (χ1) is 9.68. The molecule has 0 amide bonds. The van der Waals surface area contributed by atoms with Crippen LogP contribution in [0, 0.1) is 5.92 Å². The summed E-state index contributed by atoms with van der Waals surface area (Å²) in [5, 5.41) is 0. The topological polar surface area (TPSA) is 35.2 Å². The van der Waals surface area contributed by atoms with Crippen LogP contribution in [0.4, 0.5) is 0 Å². The molecule has 0 radical (unpaired) electrons. The molecular weight excluding hydrogens is 246 g/mol. The smallest absolute Gasteiger partial charge is 0.0873 e. The predicted molar refractivity (Wildman–Crippen MR) is 85.7 cm³/mol. The van der Waals surface area contributed by atoms with Crippen LogP contribution in [-0.4, -0.2) is 18.2 Å². The van der Waals surface area contributed by atoms with Crippen molar-refractivity contribution in [2.45, 2.75) is 89.7 Å². The lowest BCUT2D eigenvalue weighted by molar-refractivity contribution is -0.0862. The fourth-order valence-electron chi connectivity index (χ4n) is 4.17. The second-order valence-electron chi connectivity index (χ2n) is 6.91. The highest BCUT2D eigenvalue weighted by atomic mass is 16.5. The minimum absolute atomic E-state index is 0.0859. The van der Waals surface area contributed by atoms with Gasteiger partial charge in [-0.25, -0.2) is 0 Å². The molecule has 20 heavy (non-hydrogen) atoms. The van der Waals surface area contributed by atoms with E-state index in [2.05, 4.69) is 19.9 Å². The van der Waals surface area contributed by atoms with E-state index in [9.17, 15) is 0 Å². The van der Waals surface area contributed by atoms with Gasteiger partial charge in [0.15, 0.2) is 0 Å². The van der Waals surface area contributed by atoms with Crippen LogP contribution in [0.25, 0.3) is 0 Å². The minimum Gasteiger partial charge on any atom is -0.373 e. The van der Waals surface area contributed by atoms with Crippen LogP contribution in [0.5, 0.6) is 0 Å². The Kier molecular flexibility index (Phi) is 6.10. The maximum atomic E-state index is 6.73. The fraction of sp³-hybridized carbons (Fsp3) is 0.889. The second-order valence-corrected chi connectivity index (χ2v) is 6.91. The average molecular weight is 279 g/mol. The molecule has 2 aliphatic carbocycles. The third kappa shape index (κ3) is 3.85. The van der Waals surface area contributed by atoms with Crippen molar-refractivity contribution >= 4 is 0 Å². The fourth-order valence-corrected chi connectivity index (χ4v) is 4.17. The van der Waals surface area contributed by atoms with Gasteiger partial charge in [0.05, 0.1) is 11.6 Å². The Morgan fingerprint density at radius 1 is 1.30 bits per heavy atom. The molecule has 0 aliphatic heterocycles. The first-order valence-electron chi connectivity index (χ1n) is 8.76. The van der Waals surface area contributed by atoms with Gasteiger partial charge >= 0.3 is 0 Å². The Morgan fingerprint density at radius 3 is 2.85 bits per heavy atom. The van der Waals surface area contributed by atoms with Gasteiger partial charge in [-0.2, -0.15) is 0 Å². The monoisotopic (exact) mass is 279 g/mol. The largest absolute Gasteiger partial charge is 0.373 e. The van der Waals surface area contributed by atoms with Crippen molar-refractivity contribution in [3.63, 3.8) is 0 Å². The zero-order chi connectivity index (χ0) is 14.4. The molecule has 0 aromatic carbocycles. The Hall–Kier alpha value is -0.340. The van der Waals surface area contributed by atoms with Crippen molar-refractivity contribution in [1.82, 2.24) is 0 Å². The van der Waals surface area contributed by atoms with Crippen molar-refractivity contribution in [1.29, 1.82) is 0 Å². The van der Waals surface area contributed by atoms with Gasteiger partial charge in [0.1, 0.15) is 0 Å². The normalized spacial score (nSPS) is 34.0. The molecular formula is C18H33NO.